The van der Waals surface area contributed by atoms with Gasteiger partial charge in [0.15, 0.2) is 5.82 Å². The fourth-order valence-corrected chi connectivity index (χ4v) is 14.1. The first-order valence-corrected chi connectivity index (χ1v) is 28.0. The molecule has 1 aromatic heterocycles. The molecule has 2 aliphatic heterocycles. The lowest BCUT2D eigenvalue weighted by Crippen LogP contribution is -2.61. The molecule has 0 N–H and O–H groups in total. The van der Waals surface area contributed by atoms with Crippen LogP contribution in [0.3, 0.4) is 0 Å². The van der Waals surface area contributed by atoms with Crippen LogP contribution < -0.4 is 26.2 Å². The Bertz CT molecular complexity index is 4920. The smallest absolute Gasteiger partial charge is 0.252 e. The summed E-state index contributed by atoms with van der Waals surface area (Å²) in [5, 5.41) is 16.1. The average Bonchev–Trinajstić information content (AvgIpc) is 3.71. The highest BCUT2D eigenvalue weighted by Crippen LogP contribution is 2.52. The van der Waals surface area contributed by atoms with Crippen molar-refractivity contribution in [2.75, 3.05) is 9.80 Å². The third-order valence-corrected chi connectivity index (χ3v) is 17.6. The number of hydrogen-bond acceptors (Lipinski definition) is 4. The second kappa shape index (κ2) is 16.9. The third-order valence-electron chi connectivity index (χ3n) is 17.6. The maximum atomic E-state index is 5.64. The molecule has 5 heteroatoms. The first kappa shape index (κ1) is 44.4. The summed E-state index contributed by atoms with van der Waals surface area (Å²) in [6, 6.07) is 101. The van der Waals surface area contributed by atoms with Crippen LogP contribution in [0.15, 0.2) is 273 Å². The van der Waals surface area contributed by atoms with Crippen molar-refractivity contribution in [3.8, 4) is 44.9 Å². The van der Waals surface area contributed by atoms with Crippen molar-refractivity contribution >= 4 is 133 Å². The van der Waals surface area contributed by atoms with Crippen molar-refractivity contribution < 1.29 is 0 Å². The van der Waals surface area contributed by atoms with Gasteiger partial charge in [0, 0.05) is 61.4 Å². The van der Waals surface area contributed by atoms with Gasteiger partial charge >= 0.3 is 0 Å². The number of rotatable bonds is 6. The van der Waals surface area contributed by atoms with Gasteiger partial charge < -0.3 is 9.80 Å². The van der Waals surface area contributed by atoms with Crippen molar-refractivity contribution in [1.29, 1.82) is 0 Å². The van der Waals surface area contributed by atoms with Crippen LogP contribution >= 0.6 is 0 Å². The number of benzene rings is 15. The van der Waals surface area contributed by atoms with E-state index in [0.29, 0.717) is 5.82 Å². The number of nitrogens with zero attached hydrogens (tertiary/aromatic N) is 4. The van der Waals surface area contributed by atoms with E-state index in [-0.39, 0.29) is 6.71 Å². The van der Waals surface area contributed by atoms with Crippen LogP contribution in [-0.2, 0) is 0 Å². The standard InChI is InChI=1S/C76H45BN4/c1-4-14-46(15-5-1)48-30-36-58(37-31-48)80-66-44-57(73-60-24-10-11-25-65(60)78-76(79-73)54-18-8-3-9-19-54)45-67-72(66)77(63-42-55-28-26-50-20-12-22-52-34-40-61(74(63)80)70(55)68(50)52)64-43-56-29-27-51-21-13-23-53-35-41-62(71(56)69(51)53)75(64)81(67)59-38-32-49(33-39-59)47-16-6-2-7-17-47/h1-45H. The Balaban J connectivity index is 1.01. The Labute approximate surface area is 467 Å². The fourth-order valence-electron chi connectivity index (χ4n) is 14.1. The molecule has 0 aliphatic carbocycles. The highest BCUT2D eigenvalue weighted by atomic mass is 15.2. The average molecular weight is 1030 g/mol. The minimum Gasteiger partial charge on any atom is -0.311 e. The molecule has 3 heterocycles. The van der Waals surface area contributed by atoms with Crippen LogP contribution in [0.5, 0.6) is 0 Å². The number of fused-ring (bicyclic) bond motifs is 7. The summed E-state index contributed by atoms with van der Waals surface area (Å²) in [5.74, 6) is 0.693. The monoisotopic (exact) mass is 1020 g/mol. The van der Waals surface area contributed by atoms with Crippen molar-refractivity contribution in [3.05, 3.63) is 273 Å². The fraction of sp³-hybridized carbons (Fsp3) is 0. The normalized spacial score (nSPS) is 12.9. The van der Waals surface area contributed by atoms with Crippen LogP contribution in [-0.4, -0.2) is 16.7 Å². The lowest BCUT2D eigenvalue weighted by molar-refractivity contribution is 1.22. The first-order valence-electron chi connectivity index (χ1n) is 28.0. The molecule has 0 fully saturated rings. The van der Waals surface area contributed by atoms with Crippen molar-refractivity contribution in [3.63, 3.8) is 0 Å². The molecule has 81 heavy (non-hydrogen) atoms. The highest BCUT2D eigenvalue weighted by molar-refractivity contribution is 7.01. The molecule has 0 amide bonds. The topological polar surface area (TPSA) is 32.3 Å². The molecule has 15 aromatic carbocycles. The van der Waals surface area contributed by atoms with E-state index in [2.05, 4.69) is 283 Å². The van der Waals surface area contributed by atoms with E-state index in [1.165, 1.54) is 115 Å². The molecule has 2 aliphatic rings. The molecular formula is C76H45BN4. The molecule has 4 nitrogen and oxygen atoms in total. The number of aromatic nitrogens is 2. The zero-order valence-electron chi connectivity index (χ0n) is 43.8. The van der Waals surface area contributed by atoms with Gasteiger partial charge in [0.1, 0.15) is 0 Å². The highest BCUT2D eigenvalue weighted by Gasteiger charge is 2.46. The number of anilines is 6. The van der Waals surface area contributed by atoms with E-state index in [4.69, 9.17) is 9.97 Å². The minimum absolute atomic E-state index is 0.167. The van der Waals surface area contributed by atoms with E-state index < -0.39 is 0 Å². The summed E-state index contributed by atoms with van der Waals surface area (Å²) in [6.45, 7) is -0.167. The number of para-hydroxylation sites is 1. The maximum absolute atomic E-state index is 5.64. The molecule has 0 unspecified atom stereocenters. The Kier molecular flexibility index (Phi) is 9.28. The Morgan fingerprint density at radius 2 is 0.704 bits per heavy atom. The van der Waals surface area contributed by atoms with E-state index in [9.17, 15) is 0 Å². The first-order chi connectivity index (χ1) is 40.2. The van der Waals surface area contributed by atoms with Crippen LogP contribution in [0.4, 0.5) is 34.1 Å². The van der Waals surface area contributed by atoms with Gasteiger partial charge in [0.25, 0.3) is 6.71 Å². The van der Waals surface area contributed by atoms with Crippen LogP contribution in [0.25, 0.3) is 120 Å². The minimum atomic E-state index is -0.167. The summed E-state index contributed by atoms with van der Waals surface area (Å²) in [5.41, 5.74) is 19.1. The van der Waals surface area contributed by atoms with Gasteiger partial charge in [-0.05, 0) is 135 Å². The van der Waals surface area contributed by atoms with Crippen LogP contribution in [0.1, 0.15) is 0 Å². The molecule has 18 rings (SSSR count). The lowest BCUT2D eigenvalue weighted by Gasteiger charge is -2.45. The van der Waals surface area contributed by atoms with E-state index in [0.717, 1.165) is 50.5 Å². The molecule has 0 radical (unpaired) electrons. The summed E-state index contributed by atoms with van der Waals surface area (Å²) >= 11 is 0. The van der Waals surface area contributed by atoms with Crippen molar-refractivity contribution in [2.24, 2.45) is 0 Å². The Morgan fingerprint density at radius 3 is 1.20 bits per heavy atom. The second-order valence-electron chi connectivity index (χ2n) is 22.0. The van der Waals surface area contributed by atoms with Gasteiger partial charge in [-0.2, -0.15) is 0 Å². The molecular weight excluding hydrogens is 980 g/mol. The van der Waals surface area contributed by atoms with Gasteiger partial charge in [0.2, 0.25) is 0 Å². The summed E-state index contributed by atoms with van der Waals surface area (Å²) in [6.07, 6.45) is 0. The molecule has 372 valence electrons. The molecule has 0 spiro atoms. The summed E-state index contributed by atoms with van der Waals surface area (Å²) < 4.78 is 0. The van der Waals surface area contributed by atoms with Gasteiger partial charge in [-0.25, -0.2) is 9.97 Å². The van der Waals surface area contributed by atoms with Gasteiger partial charge in [-0.3, -0.25) is 0 Å². The summed E-state index contributed by atoms with van der Waals surface area (Å²) in [4.78, 5) is 16.1. The van der Waals surface area contributed by atoms with Gasteiger partial charge in [-0.15, -0.1) is 0 Å². The largest absolute Gasteiger partial charge is 0.311 e. The van der Waals surface area contributed by atoms with E-state index in [1.807, 2.05) is 0 Å². The predicted molar refractivity (Wildman–Crippen MR) is 343 cm³/mol. The van der Waals surface area contributed by atoms with E-state index >= 15 is 0 Å². The van der Waals surface area contributed by atoms with Crippen molar-refractivity contribution in [2.45, 2.75) is 0 Å². The van der Waals surface area contributed by atoms with Gasteiger partial charge in [0.05, 0.1) is 11.2 Å². The molecule has 0 saturated carbocycles. The Morgan fingerprint density at radius 1 is 0.284 bits per heavy atom. The van der Waals surface area contributed by atoms with Crippen LogP contribution in [0, 0.1) is 0 Å². The Hall–Kier alpha value is -10.6. The van der Waals surface area contributed by atoms with Gasteiger partial charge in [-0.1, -0.05) is 231 Å². The number of hydrogen-bond donors (Lipinski definition) is 0. The molecule has 16 aromatic rings. The molecule has 0 saturated heterocycles. The quantitative estimate of drug-likeness (QED) is 0.123. The van der Waals surface area contributed by atoms with Crippen molar-refractivity contribution in [1.82, 2.24) is 9.97 Å². The zero-order chi connectivity index (χ0) is 52.9. The molecule has 0 atom stereocenters. The van der Waals surface area contributed by atoms with E-state index in [1.54, 1.807) is 0 Å². The third kappa shape index (κ3) is 6.49. The SMILES string of the molecule is c1ccc(-c2ccc(N3c4cc(-c5nc(-c6ccccc6)nc6ccccc56)cc5c4B(c4cc6ccc7cccc8ccc(c43)c6c78)c3cc4ccc6cccc7ccc(c3N5c3ccc(-c5ccccc5)cc3)c4c67)cc2)cc1. The maximum Gasteiger partial charge on any atom is 0.252 e. The lowest BCUT2D eigenvalue weighted by atomic mass is 9.33. The summed E-state index contributed by atoms with van der Waals surface area (Å²) in [7, 11) is 0. The molecule has 0 bridgehead atoms. The second-order valence-corrected chi connectivity index (χ2v) is 22.0. The zero-order valence-corrected chi connectivity index (χ0v) is 43.8. The van der Waals surface area contributed by atoms with Crippen LogP contribution in [0.2, 0.25) is 0 Å². The predicted octanol–water partition coefficient (Wildman–Crippen LogP) is 18.2.